The van der Waals surface area contributed by atoms with Crippen molar-refractivity contribution in [3.63, 3.8) is 0 Å². The number of hydrogen-bond acceptors (Lipinski definition) is 4. The average Bonchev–Trinajstić information content (AvgIpc) is 3.19. The van der Waals surface area contributed by atoms with Gasteiger partial charge in [-0.2, -0.15) is 18.2 Å². The van der Waals surface area contributed by atoms with Gasteiger partial charge in [-0.3, -0.25) is 15.2 Å². The number of benzene rings is 1. The lowest BCUT2D eigenvalue weighted by Gasteiger charge is -2.06. The number of ether oxygens (including phenoxy) is 1. The molecule has 0 saturated heterocycles. The first kappa shape index (κ1) is 17.0. The quantitative estimate of drug-likeness (QED) is 0.739. The van der Waals surface area contributed by atoms with Crippen LogP contribution in [0.2, 0.25) is 0 Å². The molecule has 3 rings (SSSR count). The van der Waals surface area contributed by atoms with Crippen LogP contribution in [0.15, 0.2) is 30.5 Å². The fourth-order valence-corrected chi connectivity index (χ4v) is 2.42. The van der Waals surface area contributed by atoms with Gasteiger partial charge < -0.3 is 9.30 Å². The number of H-pyrrole nitrogens is 1. The first-order valence-electron chi connectivity index (χ1n) is 7.28. The van der Waals surface area contributed by atoms with Gasteiger partial charge in [0, 0.05) is 36.3 Å². The van der Waals surface area contributed by atoms with E-state index in [9.17, 15) is 18.0 Å². The fourth-order valence-electron chi connectivity index (χ4n) is 2.42. The fraction of sp³-hybridized carbons (Fsp3) is 0.267. The Morgan fingerprint density at radius 3 is 2.84 bits per heavy atom. The minimum Gasteiger partial charge on any atom is -0.383 e. The van der Waals surface area contributed by atoms with E-state index in [4.69, 9.17) is 4.74 Å². The Hall–Kier alpha value is -2.88. The lowest BCUT2D eigenvalue weighted by atomic mass is 10.1. The van der Waals surface area contributed by atoms with E-state index in [-0.39, 0.29) is 0 Å². The van der Waals surface area contributed by atoms with Gasteiger partial charge in [0.1, 0.15) is 0 Å². The first-order chi connectivity index (χ1) is 11.9. The topological polar surface area (TPSA) is 84.8 Å². The van der Waals surface area contributed by atoms with Gasteiger partial charge in [0.2, 0.25) is 11.8 Å². The summed E-state index contributed by atoms with van der Waals surface area (Å²) < 4.78 is 44.5. The molecule has 7 nitrogen and oxygen atoms in total. The number of hydrogen-bond donors (Lipinski definition) is 2. The summed E-state index contributed by atoms with van der Waals surface area (Å²) >= 11 is 0. The zero-order valence-corrected chi connectivity index (χ0v) is 13.1. The van der Waals surface area contributed by atoms with Gasteiger partial charge in [-0.25, -0.2) is 0 Å². The van der Waals surface area contributed by atoms with E-state index in [0.29, 0.717) is 24.1 Å². The molecule has 132 valence electrons. The van der Waals surface area contributed by atoms with Crippen molar-refractivity contribution in [3.05, 3.63) is 41.9 Å². The SMILES string of the molecule is COCCn1ccc2c(C(=O)Nc3n[nH]c(C(F)(F)F)n3)cccc21. The number of aromatic amines is 1. The summed E-state index contributed by atoms with van der Waals surface area (Å²) in [5, 5.41) is 8.05. The molecule has 1 amide bonds. The maximum Gasteiger partial charge on any atom is 0.451 e. The highest BCUT2D eigenvalue weighted by molar-refractivity contribution is 6.12. The molecule has 25 heavy (non-hydrogen) atoms. The molecule has 0 aliphatic carbocycles. The summed E-state index contributed by atoms with van der Waals surface area (Å²) in [4.78, 5) is 15.6. The number of nitrogens with zero attached hydrogens (tertiary/aromatic N) is 3. The molecule has 0 fully saturated rings. The van der Waals surface area contributed by atoms with Gasteiger partial charge in [-0.1, -0.05) is 6.07 Å². The molecule has 0 saturated carbocycles. The highest BCUT2D eigenvalue weighted by Crippen LogP contribution is 2.26. The molecule has 0 radical (unpaired) electrons. The maximum atomic E-state index is 12.5. The second-order valence-corrected chi connectivity index (χ2v) is 5.20. The largest absolute Gasteiger partial charge is 0.451 e. The number of rotatable bonds is 5. The van der Waals surface area contributed by atoms with Gasteiger partial charge in [0.05, 0.1) is 6.61 Å². The standard InChI is InChI=1S/C15H14F3N5O2/c1-25-8-7-23-6-5-9-10(3-2-4-11(9)23)12(24)19-14-20-13(21-22-14)15(16,17)18/h2-6H,7-8H2,1H3,(H2,19,20,21,22,24). The van der Waals surface area contributed by atoms with Crippen LogP contribution in [0.1, 0.15) is 16.2 Å². The number of methoxy groups -OCH3 is 1. The van der Waals surface area contributed by atoms with Gasteiger partial charge in [-0.15, -0.1) is 5.10 Å². The smallest absolute Gasteiger partial charge is 0.383 e. The number of carbonyl (C=O) groups is 1. The van der Waals surface area contributed by atoms with Crippen LogP contribution in [0, 0.1) is 0 Å². The molecule has 0 atom stereocenters. The van der Waals surface area contributed by atoms with E-state index < -0.39 is 23.9 Å². The van der Waals surface area contributed by atoms with Crippen LogP contribution in [0.3, 0.4) is 0 Å². The van der Waals surface area contributed by atoms with Crippen LogP contribution in [-0.4, -0.2) is 39.4 Å². The Balaban J connectivity index is 1.85. The summed E-state index contributed by atoms with van der Waals surface area (Å²) in [5.41, 5.74) is 1.13. The highest BCUT2D eigenvalue weighted by atomic mass is 19.4. The van der Waals surface area contributed by atoms with E-state index in [1.54, 1.807) is 30.4 Å². The zero-order chi connectivity index (χ0) is 18.0. The Morgan fingerprint density at radius 1 is 1.36 bits per heavy atom. The average molecular weight is 353 g/mol. The van der Waals surface area contributed by atoms with E-state index in [2.05, 4.69) is 15.4 Å². The summed E-state index contributed by atoms with van der Waals surface area (Å²) in [7, 11) is 1.59. The van der Waals surface area contributed by atoms with Crippen molar-refractivity contribution in [1.29, 1.82) is 0 Å². The number of halogens is 3. The van der Waals surface area contributed by atoms with Crippen LogP contribution >= 0.6 is 0 Å². The Morgan fingerprint density at radius 2 is 2.16 bits per heavy atom. The molecule has 0 spiro atoms. The van der Waals surface area contributed by atoms with Crippen molar-refractivity contribution in [3.8, 4) is 0 Å². The lowest BCUT2D eigenvalue weighted by molar-refractivity contribution is -0.144. The normalized spacial score (nSPS) is 11.8. The molecule has 2 aromatic heterocycles. The molecular formula is C15H14F3N5O2. The lowest BCUT2D eigenvalue weighted by Crippen LogP contribution is -2.14. The molecule has 10 heteroatoms. The highest BCUT2D eigenvalue weighted by Gasteiger charge is 2.35. The summed E-state index contributed by atoms with van der Waals surface area (Å²) in [6.45, 7) is 1.12. The third-order valence-corrected chi connectivity index (χ3v) is 3.57. The number of aromatic nitrogens is 4. The summed E-state index contributed by atoms with van der Waals surface area (Å²) in [6, 6.07) is 6.88. The van der Waals surface area contributed by atoms with E-state index >= 15 is 0 Å². The van der Waals surface area contributed by atoms with E-state index in [1.165, 1.54) is 0 Å². The van der Waals surface area contributed by atoms with Gasteiger partial charge in [0.15, 0.2) is 0 Å². The Bertz CT molecular complexity index is 900. The van der Waals surface area contributed by atoms with Crippen LogP contribution in [-0.2, 0) is 17.5 Å². The summed E-state index contributed by atoms with van der Waals surface area (Å²) in [5.74, 6) is -2.30. The predicted molar refractivity (Wildman–Crippen MR) is 83.2 cm³/mol. The number of carbonyl (C=O) groups excluding carboxylic acids is 1. The van der Waals surface area contributed by atoms with Crippen molar-refractivity contribution < 1.29 is 22.7 Å². The number of nitrogens with one attached hydrogen (secondary N) is 2. The van der Waals surface area contributed by atoms with Crippen molar-refractivity contribution >= 4 is 22.8 Å². The molecule has 3 aromatic rings. The van der Waals surface area contributed by atoms with Crippen LogP contribution < -0.4 is 5.32 Å². The van der Waals surface area contributed by atoms with Crippen molar-refractivity contribution in [2.24, 2.45) is 0 Å². The zero-order valence-electron chi connectivity index (χ0n) is 13.1. The molecule has 2 N–H and O–H groups in total. The van der Waals surface area contributed by atoms with Crippen LogP contribution in [0.25, 0.3) is 10.9 Å². The molecular weight excluding hydrogens is 339 g/mol. The van der Waals surface area contributed by atoms with Crippen molar-refractivity contribution in [1.82, 2.24) is 19.7 Å². The number of fused-ring (bicyclic) bond motifs is 1. The third kappa shape index (κ3) is 3.48. The molecule has 0 aliphatic heterocycles. The second kappa shape index (κ2) is 6.55. The van der Waals surface area contributed by atoms with Crippen LogP contribution in [0.5, 0.6) is 0 Å². The molecule has 0 unspecified atom stereocenters. The summed E-state index contributed by atoms with van der Waals surface area (Å²) in [6.07, 6.45) is -2.84. The van der Waals surface area contributed by atoms with Gasteiger partial charge in [-0.05, 0) is 18.2 Å². The van der Waals surface area contributed by atoms with Crippen LogP contribution in [0.4, 0.5) is 19.1 Å². The molecule has 2 heterocycles. The minimum absolute atomic E-state index is 0.312. The molecule has 0 aliphatic rings. The number of anilines is 1. The maximum absolute atomic E-state index is 12.5. The molecule has 1 aromatic carbocycles. The molecule has 0 bridgehead atoms. The Kier molecular flexibility index (Phi) is 4.45. The van der Waals surface area contributed by atoms with E-state index in [0.717, 1.165) is 5.52 Å². The number of amides is 1. The van der Waals surface area contributed by atoms with E-state index in [1.807, 2.05) is 16.8 Å². The second-order valence-electron chi connectivity index (χ2n) is 5.20. The first-order valence-corrected chi connectivity index (χ1v) is 7.28. The third-order valence-electron chi connectivity index (χ3n) is 3.57. The number of alkyl halides is 3. The van der Waals surface area contributed by atoms with Crippen molar-refractivity contribution in [2.45, 2.75) is 12.7 Å². The predicted octanol–water partition coefficient (Wildman–Crippen LogP) is 2.68. The van der Waals surface area contributed by atoms with Gasteiger partial charge >= 0.3 is 6.18 Å². The monoisotopic (exact) mass is 353 g/mol. The minimum atomic E-state index is -4.66. The Labute approximate surface area is 139 Å². The van der Waals surface area contributed by atoms with Crippen molar-refractivity contribution in [2.75, 3.05) is 19.0 Å². The van der Waals surface area contributed by atoms with Gasteiger partial charge in [0.25, 0.3) is 5.91 Å².